The summed E-state index contributed by atoms with van der Waals surface area (Å²) in [4.78, 5) is 18.1. The topological polar surface area (TPSA) is 62.1 Å². The molecule has 0 fully saturated rings. The van der Waals surface area contributed by atoms with Crippen molar-refractivity contribution >= 4 is 55.9 Å². The van der Waals surface area contributed by atoms with E-state index in [-0.39, 0.29) is 53.0 Å². The molecule has 2 aliphatic rings. The van der Waals surface area contributed by atoms with Gasteiger partial charge in [0.2, 0.25) is 11.8 Å². The Kier molecular flexibility index (Phi) is 12.7. The normalized spacial score (nSPS) is 13.7. The molecule has 350 valence electrons. The van der Waals surface area contributed by atoms with Crippen LogP contribution in [-0.2, 0) is 58.4 Å². The molecule has 0 radical (unpaired) electrons. The van der Waals surface area contributed by atoms with Crippen molar-refractivity contribution in [3.63, 3.8) is 0 Å². The Morgan fingerprint density at radius 3 is 1.28 bits per heavy atom. The zero-order chi connectivity index (χ0) is 45.6. The summed E-state index contributed by atoms with van der Waals surface area (Å²) in [7, 11) is 4.13. The first-order valence-electron chi connectivity index (χ1n) is 22.1. The van der Waals surface area contributed by atoms with Crippen LogP contribution in [0.4, 0.5) is 34.1 Å². The number of nitrogens with zero attached hydrogens (tertiary/aromatic N) is 7. The van der Waals surface area contributed by atoms with Gasteiger partial charge in [0, 0.05) is 89.4 Å². The zero-order valence-corrected chi connectivity index (χ0v) is 44.2. The van der Waals surface area contributed by atoms with Gasteiger partial charge in [0.05, 0.1) is 0 Å². The van der Waals surface area contributed by atoms with Crippen LogP contribution in [0.25, 0.3) is 27.5 Å². The fourth-order valence-corrected chi connectivity index (χ4v) is 8.75. The van der Waals surface area contributed by atoms with Crippen molar-refractivity contribution in [3.8, 4) is 28.9 Å². The number of anilines is 6. The summed E-state index contributed by atoms with van der Waals surface area (Å²) in [6, 6.07) is 48.7. The Hall–Kier alpha value is -5.62. The second kappa shape index (κ2) is 17.8. The first-order valence-corrected chi connectivity index (χ1v) is 22.1. The number of aromatic nitrogens is 3. The van der Waals surface area contributed by atoms with E-state index in [0.717, 1.165) is 72.6 Å². The van der Waals surface area contributed by atoms with Crippen molar-refractivity contribution in [2.24, 2.45) is 0 Å². The molecule has 0 bridgehead atoms. The molecule has 10 rings (SSSR count). The molecule has 5 heterocycles. The van der Waals surface area contributed by atoms with Gasteiger partial charge in [0.1, 0.15) is 0 Å². The van der Waals surface area contributed by atoms with Gasteiger partial charge in [0.25, 0.3) is 0 Å². The molecule has 3 aromatic heterocycles. The van der Waals surface area contributed by atoms with Crippen molar-refractivity contribution in [2.45, 2.75) is 78.6 Å². The summed E-state index contributed by atoms with van der Waals surface area (Å²) in [6.45, 7) is 23.7. The Morgan fingerprint density at radius 1 is 0.493 bits per heavy atom. The van der Waals surface area contributed by atoms with Gasteiger partial charge in [-0.2, -0.15) is 59.6 Å². The van der Waals surface area contributed by atoms with Gasteiger partial charge < -0.3 is 33.6 Å². The summed E-state index contributed by atoms with van der Waals surface area (Å²) in [5.74, 6) is 1.86. The van der Waals surface area contributed by atoms with E-state index in [0.29, 0.717) is 28.9 Å². The summed E-state index contributed by atoms with van der Waals surface area (Å²) in [6.07, 6.45) is 3.61. The van der Waals surface area contributed by atoms with Gasteiger partial charge in [-0.15, -0.1) is 23.5 Å². The van der Waals surface area contributed by atoms with Crippen LogP contribution >= 0.6 is 0 Å². The fourth-order valence-electron chi connectivity index (χ4n) is 8.75. The average molecular weight is 1250 g/mol. The van der Waals surface area contributed by atoms with Crippen LogP contribution < -0.4 is 29.1 Å². The van der Waals surface area contributed by atoms with Crippen LogP contribution in [-0.4, -0.2) is 28.6 Å². The number of benzene rings is 5. The van der Waals surface area contributed by atoms with Crippen LogP contribution in [0.15, 0.2) is 109 Å². The van der Waals surface area contributed by atoms with Crippen LogP contribution in [0.1, 0.15) is 79.0 Å². The second-order valence-corrected chi connectivity index (χ2v) is 20.1. The molecule has 0 saturated heterocycles. The Balaban J connectivity index is 0.00000304. The Labute approximate surface area is 424 Å². The minimum Gasteiger partial charge on any atom is -0.504 e. The first-order chi connectivity index (χ1) is 30.9. The van der Waals surface area contributed by atoms with E-state index in [2.05, 4.69) is 211 Å². The van der Waals surface area contributed by atoms with E-state index in [4.69, 9.17) is 19.4 Å². The number of pyridine rings is 2. The first kappa shape index (κ1) is 47.9. The van der Waals surface area contributed by atoms with Crippen molar-refractivity contribution in [1.82, 2.24) is 14.5 Å². The maximum absolute atomic E-state index is 6.94. The molecule has 0 unspecified atom stereocenters. The molecule has 8 aromatic rings. The maximum atomic E-state index is 6.94. The van der Waals surface area contributed by atoms with E-state index < -0.39 is 5.41 Å². The summed E-state index contributed by atoms with van der Waals surface area (Å²) in [5, 5.41) is 2.00. The predicted octanol–water partition coefficient (Wildman–Crippen LogP) is 13.7. The third-order valence-electron chi connectivity index (χ3n) is 12.2. The molecule has 5 aromatic carbocycles. The molecule has 11 heteroatoms. The third-order valence-corrected chi connectivity index (χ3v) is 12.2. The molecular formula is C56H53N7O2Pt2-6. The number of para-hydroxylation sites is 4. The third kappa shape index (κ3) is 8.86. The molecule has 0 spiro atoms. The molecule has 0 atom stereocenters. The minimum atomic E-state index is -0.491. The van der Waals surface area contributed by atoms with Crippen LogP contribution in [0.3, 0.4) is 0 Å². The van der Waals surface area contributed by atoms with E-state index in [1.165, 1.54) is 0 Å². The smallest absolute Gasteiger partial charge is 0.215 e. The van der Waals surface area contributed by atoms with Crippen molar-refractivity contribution in [3.05, 3.63) is 164 Å². The molecular weight excluding hydrogens is 1190 g/mol. The second-order valence-electron chi connectivity index (χ2n) is 20.1. The van der Waals surface area contributed by atoms with Gasteiger partial charge in [-0.1, -0.05) is 115 Å². The Morgan fingerprint density at radius 2 is 0.896 bits per heavy atom. The SMILES string of the molecule is CN1[CH-]N(c2[c-]c3c(cc2)c2ccc(N4[CH-]N(C)c5ccccc54)[c-]c2n3-c2[c-]c(Oc3cc(C(C)(C)C)ccn3)c(C(C)(C)C)c(Oc3cc(C(C)(C)C)ccn3)[c-]2)c2ccccc21.[Pt].[Pt]. The molecule has 0 saturated carbocycles. The standard InChI is InChI=1S/C56H53N7O2.2Pt/c1-54(2,3)36-24-26-57-51(28-36)64-49-32-40(33-50(53(49)56(7,8)9)65-52-29-37(25-27-58-52)55(4,5)6)63-47-30-38(61-34-59(10)43-16-12-14-18-45(43)61)20-22-41(47)42-23-21-39(31-48(42)63)62-35-60(11)44-17-13-15-19-46(44)62;;/h12-29,34-35H,1-11H3;;/q-6;;. The van der Waals surface area contributed by atoms with E-state index >= 15 is 0 Å². The predicted molar refractivity (Wildman–Crippen MR) is 263 cm³/mol. The van der Waals surface area contributed by atoms with E-state index in [1.807, 2.05) is 24.3 Å². The number of fused-ring (bicyclic) bond motifs is 5. The number of ether oxygens (including phenoxy) is 2. The summed E-state index contributed by atoms with van der Waals surface area (Å²) >= 11 is 0. The van der Waals surface area contributed by atoms with Crippen molar-refractivity contribution < 1.29 is 51.6 Å². The van der Waals surface area contributed by atoms with Crippen molar-refractivity contribution in [1.29, 1.82) is 0 Å². The van der Waals surface area contributed by atoms with Crippen molar-refractivity contribution in [2.75, 3.05) is 33.7 Å². The quantitative estimate of drug-likeness (QED) is 0.146. The monoisotopic (exact) mass is 1250 g/mol. The molecule has 2 aliphatic heterocycles. The fraction of sp³-hybridized carbons (Fsp3) is 0.250. The molecule has 0 aliphatic carbocycles. The van der Waals surface area contributed by atoms with E-state index in [1.54, 1.807) is 12.4 Å². The molecule has 0 N–H and O–H groups in total. The summed E-state index contributed by atoms with van der Waals surface area (Å²) in [5.41, 5.74) is 10.6. The Bertz CT molecular complexity index is 2950. The minimum absolute atomic E-state index is 0. The van der Waals surface area contributed by atoms with Gasteiger partial charge in [-0.25, -0.2) is 9.97 Å². The number of rotatable bonds is 7. The van der Waals surface area contributed by atoms with E-state index in [9.17, 15) is 0 Å². The van der Waals surface area contributed by atoms with Gasteiger partial charge in [-0.05, 0) is 72.5 Å². The molecule has 67 heavy (non-hydrogen) atoms. The van der Waals surface area contributed by atoms with Gasteiger partial charge in [-0.3, -0.25) is 12.1 Å². The van der Waals surface area contributed by atoms with Crippen LogP contribution in [0.2, 0.25) is 0 Å². The molecule has 0 amide bonds. The summed E-state index contributed by atoms with van der Waals surface area (Å²) < 4.78 is 16.0. The average Bonchev–Trinajstić information content (AvgIpc) is 3.90. The van der Waals surface area contributed by atoms with Crippen LogP contribution in [0, 0.1) is 37.6 Å². The maximum Gasteiger partial charge on any atom is 0.215 e. The largest absolute Gasteiger partial charge is 0.504 e. The number of hydrogen-bond acceptors (Lipinski definition) is 8. The number of hydrogen-bond donors (Lipinski definition) is 0. The van der Waals surface area contributed by atoms with Gasteiger partial charge >= 0.3 is 0 Å². The zero-order valence-electron chi connectivity index (χ0n) is 39.6. The molecule has 9 nitrogen and oxygen atoms in total. The van der Waals surface area contributed by atoms with Crippen LogP contribution in [0.5, 0.6) is 23.3 Å². The van der Waals surface area contributed by atoms with Gasteiger partial charge in [0.15, 0.2) is 0 Å².